The van der Waals surface area contributed by atoms with E-state index in [0.717, 1.165) is 63.9 Å². The molecule has 2 fully saturated rings. The van der Waals surface area contributed by atoms with Crippen LogP contribution < -0.4 is 0 Å². The molecule has 8 heterocycles. The number of aryl methyl sites for hydroxylation is 1. The lowest BCUT2D eigenvalue weighted by Gasteiger charge is -2.29. The summed E-state index contributed by atoms with van der Waals surface area (Å²) in [6.07, 6.45) is -0.507. The van der Waals surface area contributed by atoms with Crippen molar-refractivity contribution in [3.05, 3.63) is 126 Å². The number of hydrogen-bond donors (Lipinski definition) is 5. The van der Waals surface area contributed by atoms with Gasteiger partial charge in [0.25, 0.3) is 24.2 Å². The standard InChI is InChI=1S/C16H10N8O4S2.C15H12N8O3S3.C8H8N4O8S2.C8H16N2O2S2/c25-13(26)9-1-5-11(6-2-9)23-15(17-19-21-23)29-30-16-18-20-22-24(16)12-7-3-10(4-8-12)14(27)28;1-10-4-2-5-11(8-10)22-14(16-18-20-22)27-28-15-17-19-21-23(15)12-6-3-7-13(9-12)29(24,25)26;13-6(14)3-5-10-11-7(19-5)21-22(16,17)8-12-9-4(20-8)1-2-18-15;1-5-11-6-2-9(1)13-14-10-3-7-12-8-4-10/h1-8H,(H,25,26)(H,27,28);2-9H,1H3,(H,24,25,26);15H,1-3H2,(H,13,14);1-8H2. The van der Waals surface area contributed by atoms with E-state index in [1.165, 1.54) is 99.7 Å². The number of hydrogen-bond acceptors (Lipinski definition) is 38. The van der Waals surface area contributed by atoms with Gasteiger partial charge in [0.15, 0.2) is 0 Å². The van der Waals surface area contributed by atoms with Crippen molar-refractivity contribution in [1.82, 2.24) is 110 Å². The molecular weight excluding hydrogens is 1430 g/mol. The molecule has 0 amide bonds. The van der Waals surface area contributed by atoms with Crippen molar-refractivity contribution in [3.63, 3.8) is 0 Å². The lowest BCUT2D eigenvalue weighted by molar-refractivity contribution is -0.241. The van der Waals surface area contributed by atoms with Gasteiger partial charge >= 0.3 is 23.1 Å². The lowest BCUT2D eigenvalue weighted by atomic mass is 10.2. The Balaban J connectivity index is 0.000000154. The van der Waals surface area contributed by atoms with Crippen molar-refractivity contribution in [2.24, 2.45) is 0 Å². The van der Waals surface area contributed by atoms with Gasteiger partial charge in [-0.1, -0.05) is 23.3 Å². The molecule has 0 saturated carbocycles. The molecule has 48 heteroatoms. The predicted octanol–water partition coefficient (Wildman–Crippen LogP) is 4.28. The van der Waals surface area contributed by atoms with E-state index < -0.39 is 48.5 Å². The van der Waals surface area contributed by atoms with Crippen LogP contribution >= 0.6 is 75.9 Å². The van der Waals surface area contributed by atoms with E-state index in [2.05, 4.69) is 96.0 Å². The second-order valence-corrected chi connectivity index (χ2v) is 29.6. The highest BCUT2D eigenvalue weighted by molar-refractivity contribution is 8.77. The first kappa shape index (κ1) is 71.2. The van der Waals surface area contributed by atoms with Crippen LogP contribution in [0.5, 0.6) is 0 Å². The number of aromatic nitrogens is 20. The van der Waals surface area contributed by atoms with Gasteiger partial charge in [0, 0.05) is 48.1 Å². The summed E-state index contributed by atoms with van der Waals surface area (Å²) in [7, 11) is 0.242. The van der Waals surface area contributed by atoms with Gasteiger partial charge in [-0.05, 0) is 176 Å². The van der Waals surface area contributed by atoms with Crippen molar-refractivity contribution in [1.29, 1.82) is 0 Å². The minimum Gasteiger partial charge on any atom is -0.481 e. The SMILES string of the molecule is C1CN(SSN2CCOCC2)CCO1.Cc1cccc(-n2nnnc2SSc2nnnn2-c2cccc(S(=O)(=O)O)c2)c1.O=C(O)Cc1nnc(SS(=O)(=O)c2nnc(CCOO)o2)o1.O=C(O)c1ccc(-n2nnnc2SSc2nnnn2-c2ccc(C(=O)O)cc2)cc1. The highest BCUT2D eigenvalue weighted by atomic mass is 33.1. The van der Waals surface area contributed by atoms with E-state index in [1.54, 1.807) is 35.0 Å². The third-order valence-electron chi connectivity index (χ3n) is 11.7. The zero-order valence-corrected chi connectivity index (χ0v) is 55.5. The van der Waals surface area contributed by atoms with E-state index in [9.17, 15) is 35.8 Å². The second-order valence-electron chi connectivity index (χ2n) is 18.2. The molecular formula is C47H46N22O17S9. The maximum Gasteiger partial charge on any atom is 0.346 e. The molecule has 12 rings (SSSR count). The molecule has 500 valence electrons. The molecule has 95 heavy (non-hydrogen) atoms. The summed E-state index contributed by atoms with van der Waals surface area (Å²) in [4.78, 5) is 36.0. The third kappa shape index (κ3) is 21.0. The number of rotatable bonds is 24. The zero-order valence-electron chi connectivity index (χ0n) is 48.2. The van der Waals surface area contributed by atoms with Crippen LogP contribution in [0.25, 0.3) is 22.7 Å². The van der Waals surface area contributed by atoms with Gasteiger partial charge < -0.3 is 33.6 Å². The fourth-order valence-electron chi connectivity index (χ4n) is 7.26. The first-order chi connectivity index (χ1) is 45.8. The highest BCUT2D eigenvalue weighted by Gasteiger charge is 2.28. The fourth-order valence-corrected chi connectivity index (χ4v) is 15.6. The number of carbonyl (C=O) groups is 3. The molecule has 0 bridgehead atoms. The largest absolute Gasteiger partial charge is 0.481 e. The van der Waals surface area contributed by atoms with Crippen molar-refractivity contribution in [2.75, 3.05) is 59.2 Å². The molecule has 0 unspecified atom stereocenters. The van der Waals surface area contributed by atoms with Crippen LogP contribution in [-0.4, -0.2) is 229 Å². The summed E-state index contributed by atoms with van der Waals surface area (Å²) < 4.78 is 86.9. The molecule has 0 radical (unpaired) electrons. The van der Waals surface area contributed by atoms with Gasteiger partial charge in [-0.15, -0.1) is 35.7 Å². The fraction of sp³-hybridized carbons (Fsp3) is 0.255. The molecule has 6 aromatic heterocycles. The molecule has 39 nitrogen and oxygen atoms in total. The summed E-state index contributed by atoms with van der Waals surface area (Å²) in [6, 6.07) is 25.6. The van der Waals surface area contributed by atoms with E-state index in [-0.39, 0.29) is 56.8 Å². The number of nitrogens with zero attached hydrogens (tertiary/aromatic N) is 22. The normalized spacial score (nSPS) is 13.6. The van der Waals surface area contributed by atoms with Gasteiger partial charge in [-0.2, -0.15) is 27.1 Å². The molecule has 0 spiro atoms. The second kappa shape index (κ2) is 34.5. The highest BCUT2D eigenvalue weighted by Crippen LogP contribution is 2.38. The maximum absolute atomic E-state index is 12.0. The Labute approximate surface area is 561 Å². The Morgan fingerprint density at radius 3 is 1.41 bits per heavy atom. The first-order valence-electron chi connectivity index (χ1n) is 26.5. The third-order valence-corrected chi connectivity index (χ3v) is 21.9. The molecule has 0 aliphatic carbocycles. The maximum atomic E-state index is 12.0. The number of ether oxygens (including phenoxy) is 2. The van der Waals surface area contributed by atoms with Crippen LogP contribution in [0, 0.1) is 6.92 Å². The zero-order chi connectivity index (χ0) is 67.3. The summed E-state index contributed by atoms with van der Waals surface area (Å²) in [5.74, 6) is -3.53. The van der Waals surface area contributed by atoms with E-state index >= 15 is 0 Å². The summed E-state index contributed by atoms with van der Waals surface area (Å²) in [6.45, 7) is 9.50. The van der Waals surface area contributed by atoms with Crippen molar-refractivity contribution >= 4 is 113 Å². The van der Waals surface area contributed by atoms with Crippen LogP contribution in [0.2, 0.25) is 0 Å². The topological polar surface area (TPSA) is 507 Å². The van der Waals surface area contributed by atoms with Crippen LogP contribution in [0.1, 0.15) is 38.1 Å². The summed E-state index contributed by atoms with van der Waals surface area (Å²) in [5.41, 5.74) is 3.77. The van der Waals surface area contributed by atoms with Gasteiger partial charge in [0.1, 0.15) is 6.42 Å². The minimum atomic E-state index is -4.34. The summed E-state index contributed by atoms with van der Waals surface area (Å²) in [5, 5.41) is 95.4. The van der Waals surface area contributed by atoms with E-state index in [4.69, 9.17) is 38.9 Å². The van der Waals surface area contributed by atoms with E-state index in [1.807, 2.05) is 53.1 Å². The quantitative estimate of drug-likeness (QED) is 0.0185. The average Bonchev–Trinajstić information content (AvgIpc) is 1.87. The molecule has 2 aliphatic rings. The van der Waals surface area contributed by atoms with Crippen molar-refractivity contribution in [2.45, 2.75) is 55.7 Å². The van der Waals surface area contributed by atoms with Crippen LogP contribution in [0.15, 0.2) is 142 Å². The lowest BCUT2D eigenvalue weighted by Crippen LogP contribution is -2.33. The summed E-state index contributed by atoms with van der Waals surface area (Å²) >= 11 is 0. The molecule has 10 aromatic rings. The number of carboxylic acids is 3. The molecule has 5 N–H and O–H groups in total. The number of carboxylic acid groups (broad SMARTS) is 3. The molecule has 0 atom stereocenters. The van der Waals surface area contributed by atoms with Gasteiger partial charge in [0.2, 0.25) is 32.4 Å². The smallest absolute Gasteiger partial charge is 0.346 e. The van der Waals surface area contributed by atoms with Crippen LogP contribution in [0.3, 0.4) is 0 Å². The van der Waals surface area contributed by atoms with Crippen LogP contribution in [-0.2, 0) is 51.0 Å². The van der Waals surface area contributed by atoms with Gasteiger partial charge in [-0.3, -0.25) is 14.6 Å². The molecule has 2 saturated heterocycles. The number of aromatic carboxylic acids is 2. The van der Waals surface area contributed by atoms with Gasteiger partial charge in [0.05, 0.1) is 89.0 Å². The Morgan fingerprint density at radius 2 is 0.979 bits per heavy atom. The Hall–Kier alpha value is -8.08. The number of benzene rings is 4. The number of tetrazole rings is 4. The monoisotopic (exact) mass is 1480 g/mol. The Kier molecular flexibility index (Phi) is 25.9. The minimum absolute atomic E-state index is 0.0208. The number of morpholine rings is 2. The predicted molar refractivity (Wildman–Crippen MR) is 334 cm³/mol. The Bertz CT molecular complexity index is 4280. The first-order valence-corrected chi connectivity index (χ1v) is 37.1. The Morgan fingerprint density at radius 1 is 0.537 bits per heavy atom. The van der Waals surface area contributed by atoms with Crippen molar-refractivity contribution in [3.8, 4) is 22.7 Å². The molecule has 2 aliphatic heterocycles. The molecule has 4 aromatic carbocycles. The van der Waals surface area contributed by atoms with Crippen molar-refractivity contribution < 1.29 is 79.5 Å². The van der Waals surface area contributed by atoms with E-state index in [0.29, 0.717) is 37.7 Å². The van der Waals surface area contributed by atoms with Crippen LogP contribution in [0.4, 0.5) is 0 Å². The average molecular weight is 1480 g/mol. The number of aliphatic carboxylic acids is 1. The van der Waals surface area contributed by atoms with Gasteiger partial charge in [-0.25, -0.2) is 31.5 Å².